The minimum absolute atomic E-state index is 0. The molecule has 0 heterocycles. The Kier molecular flexibility index (Phi) is 6.57. The number of nitrogens with one attached hydrogen (secondary N) is 1. The van der Waals surface area contributed by atoms with E-state index in [-0.39, 0.29) is 29.4 Å². The zero-order chi connectivity index (χ0) is 15.6. The van der Waals surface area contributed by atoms with Crippen LogP contribution in [-0.2, 0) is 10.0 Å². The van der Waals surface area contributed by atoms with E-state index in [1.807, 2.05) is 0 Å². The summed E-state index contributed by atoms with van der Waals surface area (Å²) >= 11 is 5.87. The summed E-state index contributed by atoms with van der Waals surface area (Å²) in [4.78, 5) is 9.77. The van der Waals surface area contributed by atoms with Gasteiger partial charge in [-0.05, 0) is 31.4 Å². The van der Waals surface area contributed by atoms with Gasteiger partial charge in [-0.2, -0.15) is 0 Å². The van der Waals surface area contributed by atoms with Crippen molar-refractivity contribution in [2.75, 3.05) is 6.54 Å². The Bertz CT molecular complexity index is 654. The van der Waals surface area contributed by atoms with E-state index in [1.165, 1.54) is 12.1 Å². The first-order valence-corrected chi connectivity index (χ1v) is 8.38. The normalized spacial score (nSPS) is 21.4. The minimum atomic E-state index is -4.07. The standard InChI is InChI=1S/C12H16ClN3O4S.ClH/c13-9-4-2-6-11(16(17)18)12(9)21(19,20)15-10-5-1-3-8(10)7-14;/h2,4,6,8,10,15H,1,3,5,7,14H2;1H. The minimum Gasteiger partial charge on any atom is -0.330 e. The number of sulfonamides is 1. The molecule has 7 nitrogen and oxygen atoms in total. The predicted molar refractivity (Wildman–Crippen MR) is 85.9 cm³/mol. The molecule has 0 bridgehead atoms. The van der Waals surface area contributed by atoms with Crippen LogP contribution in [0.2, 0.25) is 5.02 Å². The molecule has 0 spiro atoms. The number of nitro groups is 1. The van der Waals surface area contributed by atoms with Crippen LogP contribution in [0, 0.1) is 16.0 Å². The fourth-order valence-corrected chi connectivity index (χ4v) is 4.68. The van der Waals surface area contributed by atoms with Gasteiger partial charge in [0, 0.05) is 12.1 Å². The third-order valence-corrected chi connectivity index (χ3v) is 5.69. The zero-order valence-corrected chi connectivity index (χ0v) is 14.0. The Morgan fingerprint density at radius 2 is 2.09 bits per heavy atom. The second-order valence-corrected chi connectivity index (χ2v) is 7.06. The fraction of sp³-hybridized carbons (Fsp3) is 0.500. The highest BCUT2D eigenvalue weighted by atomic mass is 35.5. The van der Waals surface area contributed by atoms with Crippen molar-refractivity contribution >= 4 is 39.7 Å². The molecular formula is C12H17Cl2N3O4S. The van der Waals surface area contributed by atoms with Gasteiger partial charge in [-0.3, -0.25) is 10.1 Å². The van der Waals surface area contributed by atoms with Crippen LogP contribution in [-0.4, -0.2) is 25.9 Å². The maximum Gasteiger partial charge on any atom is 0.290 e. The Hall–Kier alpha value is -0.930. The molecule has 2 atom stereocenters. The highest BCUT2D eigenvalue weighted by Gasteiger charge is 2.34. The van der Waals surface area contributed by atoms with Crippen LogP contribution in [0.25, 0.3) is 0 Å². The van der Waals surface area contributed by atoms with Gasteiger partial charge in [-0.1, -0.05) is 24.1 Å². The number of halogens is 2. The largest absolute Gasteiger partial charge is 0.330 e. The van der Waals surface area contributed by atoms with Gasteiger partial charge in [0.2, 0.25) is 10.0 Å². The average Bonchev–Trinajstić information content (AvgIpc) is 2.84. The van der Waals surface area contributed by atoms with Crippen molar-refractivity contribution in [3.63, 3.8) is 0 Å². The van der Waals surface area contributed by atoms with E-state index < -0.39 is 25.5 Å². The van der Waals surface area contributed by atoms with E-state index in [9.17, 15) is 18.5 Å². The van der Waals surface area contributed by atoms with Gasteiger partial charge in [0.15, 0.2) is 4.90 Å². The predicted octanol–water partition coefficient (Wildman–Crippen LogP) is 2.08. The average molecular weight is 370 g/mol. The van der Waals surface area contributed by atoms with Crippen LogP contribution in [0.3, 0.4) is 0 Å². The Labute approximate surface area is 139 Å². The number of hydrogen-bond acceptors (Lipinski definition) is 5. The lowest BCUT2D eigenvalue weighted by atomic mass is 10.1. The van der Waals surface area contributed by atoms with E-state index in [2.05, 4.69) is 4.72 Å². The summed E-state index contributed by atoms with van der Waals surface area (Å²) in [5, 5.41) is 10.8. The van der Waals surface area contributed by atoms with E-state index in [0.29, 0.717) is 13.0 Å². The van der Waals surface area contributed by atoms with Crippen molar-refractivity contribution in [1.82, 2.24) is 4.72 Å². The van der Waals surface area contributed by atoms with E-state index >= 15 is 0 Å². The van der Waals surface area contributed by atoms with Crippen molar-refractivity contribution in [2.45, 2.75) is 30.2 Å². The van der Waals surface area contributed by atoms with Crippen molar-refractivity contribution in [3.05, 3.63) is 33.3 Å². The zero-order valence-electron chi connectivity index (χ0n) is 11.6. The van der Waals surface area contributed by atoms with Crippen molar-refractivity contribution in [3.8, 4) is 0 Å². The lowest BCUT2D eigenvalue weighted by molar-refractivity contribution is -0.387. The molecule has 124 valence electrons. The summed E-state index contributed by atoms with van der Waals surface area (Å²) in [6.07, 6.45) is 2.38. The van der Waals surface area contributed by atoms with Crippen molar-refractivity contribution in [1.29, 1.82) is 0 Å². The smallest absolute Gasteiger partial charge is 0.290 e. The number of nitrogens with zero attached hydrogens (tertiary/aromatic N) is 1. The quantitative estimate of drug-likeness (QED) is 0.608. The van der Waals surface area contributed by atoms with Gasteiger partial charge < -0.3 is 5.73 Å². The topological polar surface area (TPSA) is 115 Å². The van der Waals surface area contributed by atoms with Gasteiger partial charge in [0.1, 0.15) is 0 Å². The molecule has 0 saturated heterocycles. The first-order valence-electron chi connectivity index (χ1n) is 6.52. The van der Waals surface area contributed by atoms with Crippen LogP contribution >= 0.6 is 24.0 Å². The van der Waals surface area contributed by atoms with Crippen molar-refractivity contribution < 1.29 is 13.3 Å². The fourth-order valence-electron chi connectivity index (χ4n) is 2.64. The molecule has 2 unspecified atom stereocenters. The Morgan fingerprint density at radius 1 is 1.41 bits per heavy atom. The van der Waals surface area contributed by atoms with E-state index in [1.54, 1.807) is 0 Å². The molecule has 1 saturated carbocycles. The summed E-state index contributed by atoms with van der Waals surface area (Å²) in [6, 6.07) is 3.47. The summed E-state index contributed by atoms with van der Waals surface area (Å²) in [7, 11) is -4.07. The summed E-state index contributed by atoms with van der Waals surface area (Å²) in [5.74, 6) is 0.0429. The van der Waals surface area contributed by atoms with Crippen LogP contribution in [0.15, 0.2) is 23.1 Å². The molecule has 3 N–H and O–H groups in total. The first kappa shape index (κ1) is 19.1. The number of benzene rings is 1. The Morgan fingerprint density at radius 3 is 2.68 bits per heavy atom. The number of nitro benzene ring substituents is 1. The second-order valence-electron chi connectivity index (χ2n) is 5.00. The molecule has 0 aromatic heterocycles. The number of hydrogen-bond donors (Lipinski definition) is 2. The van der Waals surface area contributed by atoms with Gasteiger partial charge in [-0.25, -0.2) is 13.1 Å². The summed E-state index contributed by atoms with van der Waals surface area (Å²) in [5.41, 5.74) is 5.09. The van der Waals surface area contributed by atoms with Crippen LogP contribution in [0.1, 0.15) is 19.3 Å². The van der Waals surface area contributed by atoms with E-state index in [0.717, 1.165) is 18.9 Å². The second kappa shape index (κ2) is 7.56. The molecule has 1 aromatic rings. The molecule has 22 heavy (non-hydrogen) atoms. The molecule has 1 aliphatic carbocycles. The van der Waals surface area contributed by atoms with Gasteiger partial charge in [0.05, 0.1) is 9.95 Å². The molecule has 0 amide bonds. The lowest BCUT2D eigenvalue weighted by Gasteiger charge is -2.19. The van der Waals surface area contributed by atoms with Gasteiger partial charge >= 0.3 is 0 Å². The molecule has 1 aliphatic rings. The van der Waals surface area contributed by atoms with Gasteiger partial charge in [-0.15, -0.1) is 12.4 Å². The number of rotatable bonds is 5. The SMILES string of the molecule is Cl.NCC1CCCC1NS(=O)(=O)c1c(Cl)cccc1[N+](=O)[O-]. The van der Waals surface area contributed by atoms with Crippen molar-refractivity contribution in [2.24, 2.45) is 11.7 Å². The maximum atomic E-state index is 12.5. The molecule has 0 radical (unpaired) electrons. The van der Waals surface area contributed by atoms with Crippen LogP contribution in [0.4, 0.5) is 5.69 Å². The highest BCUT2D eigenvalue weighted by Crippen LogP contribution is 2.33. The monoisotopic (exact) mass is 369 g/mol. The van der Waals surface area contributed by atoms with Gasteiger partial charge in [0.25, 0.3) is 5.69 Å². The number of nitrogens with two attached hydrogens (primary N) is 1. The Balaban J connectivity index is 0.00000242. The van der Waals surface area contributed by atoms with Crippen LogP contribution in [0.5, 0.6) is 0 Å². The highest BCUT2D eigenvalue weighted by molar-refractivity contribution is 7.89. The third-order valence-electron chi connectivity index (χ3n) is 3.68. The molecule has 10 heteroatoms. The lowest BCUT2D eigenvalue weighted by Crippen LogP contribution is -2.40. The third kappa shape index (κ3) is 3.88. The summed E-state index contributed by atoms with van der Waals surface area (Å²) in [6.45, 7) is 0.373. The molecule has 1 aromatic carbocycles. The molecular weight excluding hydrogens is 353 g/mol. The molecule has 2 rings (SSSR count). The van der Waals surface area contributed by atoms with E-state index in [4.69, 9.17) is 17.3 Å². The summed E-state index contributed by atoms with van der Waals surface area (Å²) < 4.78 is 27.4. The maximum absolute atomic E-state index is 12.5. The molecule has 0 aliphatic heterocycles. The van der Waals surface area contributed by atoms with Crippen LogP contribution < -0.4 is 10.5 Å². The molecule has 1 fully saturated rings. The first-order chi connectivity index (χ1) is 9.86.